The van der Waals surface area contributed by atoms with Crippen LogP contribution in [0, 0.1) is 17.7 Å². The molecule has 6 nitrogen and oxygen atoms in total. The van der Waals surface area contributed by atoms with E-state index in [9.17, 15) is 9.18 Å². The molecule has 3 aliphatic heterocycles. The van der Waals surface area contributed by atoms with Crippen LogP contribution in [-0.2, 0) is 17.8 Å². The van der Waals surface area contributed by atoms with Gasteiger partial charge in [0.15, 0.2) is 0 Å². The Labute approximate surface area is 206 Å². The number of benzene rings is 2. The Hall–Kier alpha value is -2.48. The van der Waals surface area contributed by atoms with E-state index in [4.69, 9.17) is 4.74 Å². The van der Waals surface area contributed by atoms with E-state index in [2.05, 4.69) is 39.3 Å². The Morgan fingerprint density at radius 2 is 2.06 bits per heavy atom. The van der Waals surface area contributed by atoms with E-state index in [0.29, 0.717) is 18.5 Å². The molecule has 0 aromatic heterocycles. The van der Waals surface area contributed by atoms with Crippen LogP contribution in [0.4, 0.5) is 4.39 Å². The maximum absolute atomic E-state index is 14.1. The maximum atomic E-state index is 14.1. The molecule has 2 aromatic carbocycles. The minimum Gasteiger partial charge on any atom is -0.493 e. The maximum Gasteiger partial charge on any atom is 0.223 e. The summed E-state index contributed by atoms with van der Waals surface area (Å²) < 4.78 is 19.8. The average molecular weight is 479 g/mol. The Morgan fingerprint density at radius 3 is 2.97 bits per heavy atom. The first-order chi connectivity index (χ1) is 17.1. The van der Waals surface area contributed by atoms with Crippen molar-refractivity contribution in [2.24, 2.45) is 11.8 Å². The second-order valence-corrected chi connectivity index (χ2v) is 10.7. The number of ether oxygens (including phenoxy) is 1. The van der Waals surface area contributed by atoms with Crippen LogP contribution in [0.5, 0.6) is 5.75 Å². The Balaban J connectivity index is 1.07. The highest BCUT2D eigenvalue weighted by atomic mass is 19.1. The van der Waals surface area contributed by atoms with E-state index >= 15 is 0 Å². The number of piperidine rings is 1. The predicted molar refractivity (Wildman–Crippen MR) is 132 cm³/mol. The predicted octanol–water partition coefficient (Wildman–Crippen LogP) is 3.48. The average Bonchev–Trinajstić information content (AvgIpc) is 3.51. The van der Waals surface area contributed by atoms with Gasteiger partial charge >= 0.3 is 0 Å². The molecular weight excluding hydrogens is 443 g/mol. The zero-order valence-corrected chi connectivity index (χ0v) is 20.1. The first kappa shape index (κ1) is 23.0. The first-order valence-electron chi connectivity index (χ1n) is 13.2. The van der Waals surface area contributed by atoms with Crippen LogP contribution < -0.4 is 20.9 Å². The molecule has 3 fully saturated rings. The number of hydrogen-bond donors (Lipinski definition) is 3. The lowest BCUT2D eigenvalue weighted by molar-refractivity contribution is -0.127. The van der Waals surface area contributed by atoms with Gasteiger partial charge in [0.2, 0.25) is 5.91 Å². The van der Waals surface area contributed by atoms with Gasteiger partial charge in [-0.3, -0.25) is 15.1 Å². The van der Waals surface area contributed by atoms with Crippen LogP contribution in [0.25, 0.3) is 0 Å². The Bertz CT molecular complexity index is 1080. The van der Waals surface area contributed by atoms with Gasteiger partial charge in [-0.15, -0.1) is 0 Å². The molecule has 2 aromatic rings. The van der Waals surface area contributed by atoms with Crippen molar-refractivity contribution in [1.82, 2.24) is 21.1 Å². The van der Waals surface area contributed by atoms with Crippen LogP contribution in [0.3, 0.4) is 0 Å². The van der Waals surface area contributed by atoms with Gasteiger partial charge in [-0.25, -0.2) is 9.82 Å². The molecule has 1 saturated carbocycles. The molecule has 4 aliphatic rings. The topological polar surface area (TPSA) is 65.6 Å². The van der Waals surface area contributed by atoms with Crippen molar-refractivity contribution in [3.8, 4) is 5.75 Å². The standard InChI is InChI=1S/C28H35FN4O2/c29-24-6-2-1-4-21(24)16-33-12-3-5-22(17-33)30-28(34)20-7-9-25-23(15-20)27(32-31-25)19-8-10-26-18(14-19)11-13-35-26/h1-2,4,6,8,10,14,20,22-23,25,27,31-32H,3,5,7,9,11-13,15-17H2,(H,30,34). The molecule has 1 amide bonds. The molecule has 0 bridgehead atoms. The quantitative estimate of drug-likeness (QED) is 0.614. The molecule has 6 rings (SSSR count). The number of hydrazine groups is 1. The van der Waals surface area contributed by atoms with E-state index < -0.39 is 0 Å². The number of rotatable bonds is 5. The van der Waals surface area contributed by atoms with Gasteiger partial charge in [0.1, 0.15) is 11.6 Å². The molecule has 0 spiro atoms. The number of carbonyl (C=O) groups is 1. The monoisotopic (exact) mass is 478 g/mol. The summed E-state index contributed by atoms with van der Waals surface area (Å²) >= 11 is 0. The summed E-state index contributed by atoms with van der Waals surface area (Å²) in [6.45, 7) is 3.08. The minimum atomic E-state index is -0.153. The number of halogens is 1. The highest BCUT2D eigenvalue weighted by Crippen LogP contribution is 2.41. The van der Waals surface area contributed by atoms with Crippen molar-refractivity contribution < 1.29 is 13.9 Å². The van der Waals surface area contributed by atoms with Gasteiger partial charge in [0.25, 0.3) is 0 Å². The molecule has 1 aliphatic carbocycles. The molecular formula is C28H35FN4O2. The molecule has 3 N–H and O–H groups in total. The zero-order valence-electron chi connectivity index (χ0n) is 20.1. The van der Waals surface area contributed by atoms with Gasteiger partial charge in [-0.2, -0.15) is 0 Å². The lowest BCUT2D eigenvalue weighted by atomic mass is 9.74. The Morgan fingerprint density at radius 1 is 1.14 bits per heavy atom. The van der Waals surface area contributed by atoms with Crippen LogP contribution in [0.15, 0.2) is 42.5 Å². The molecule has 3 heterocycles. The van der Waals surface area contributed by atoms with E-state index in [0.717, 1.165) is 69.5 Å². The fourth-order valence-electron chi connectivity index (χ4n) is 6.53. The van der Waals surface area contributed by atoms with Gasteiger partial charge < -0.3 is 10.1 Å². The number of carbonyl (C=O) groups excluding carboxylic acids is 1. The largest absolute Gasteiger partial charge is 0.493 e. The molecule has 7 heteroatoms. The number of likely N-dealkylation sites (tertiary alicyclic amines) is 1. The Kier molecular flexibility index (Phi) is 6.48. The van der Waals surface area contributed by atoms with E-state index in [1.54, 1.807) is 6.07 Å². The van der Waals surface area contributed by atoms with Crippen LogP contribution in [0.2, 0.25) is 0 Å². The van der Waals surface area contributed by atoms with Crippen LogP contribution in [-0.4, -0.2) is 42.6 Å². The number of hydrogen-bond acceptors (Lipinski definition) is 5. The van der Waals surface area contributed by atoms with Gasteiger partial charge in [-0.05, 0) is 67.8 Å². The molecule has 186 valence electrons. The number of fused-ring (bicyclic) bond motifs is 2. The van der Waals surface area contributed by atoms with Gasteiger partial charge in [0, 0.05) is 43.1 Å². The van der Waals surface area contributed by atoms with Gasteiger partial charge in [0.05, 0.1) is 12.6 Å². The van der Waals surface area contributed by atoms with Crippen molar-refractivity contribution in [3.63, 3.8) is 0 Å². The second kappa shape index (κ2) is 9.88. The summed E-state index contributed by atoms with van der Waals surface area (Å²) in [6, 6.07) is 14.3. The first-order valence-corrected chi connectivity index (χ1v) is 13.2. The van der Waals surface area contributed by atoms with Crippen LogP contribution in [0.1, 0.15) is 54.8 Å². The third-order valence-electron chi connectivity index (χ3n) is 8.40. The van der Waals surface area contributed by atoms with Crippen molar-refractivity contribution in [3.05, 3.63) is 65.0 Å². The van der Waals surface area contributed by atoms with E-state index in [-0.39, 0.29) is 29.7 Å². The number of nitrogens with zero attached hydrogens (tertiary/aromatic N) is 1. The highest BCUT2D eigenvalue weighted by Gasteiger charge is 2.43. The summed E-state index contributed by atoms with van der Waals surface area (Å²) in [6.07, 6.45) is 5.79. The highest BCUT2D eigenvalue weighted by molar-refractivity contribution is 5.79. The normalized spacial score (nSPS) is 30.4. The van der Waals surface area contributed by atoms with Crippen molar-refractivity contribution in [2.75, 3.05) is 19.7 Å². The smallest absolute Gasteiger partial charge is 0.223 e. The van der Waals surface area contributed by atoms with Gasteiger partial charge in [-0.1, -0.05) is 30.3 Å². The molecule has 5 atom stereocenters. The van der Waals surface area contributed by atoms with Crippen LogP contribution >= 0.6 is 0 Å². The van der Waals surface area contributed by atoms with Crippen molar-refractivity contribution >= 4 is 5.91 Å². The SMILES string of the molecule is O=C(NC1CCCN(Cc2ccccc2F)C1)C1CCC2NNC(c3ccc4c(c3)CCO4)C2C1. The lowest BCUT2D eigenvalue weighted by Gasteiger charge is -2.36. The number of amides is 1. The summed E-state index contributed by atoms with van der Waals surface area (Å²) in [5, 5.41) is 3.36. The third-order valence-corrected chi connectivity index (χ3v) is 8.40. The summed E-state index contributed by atoms with van der Waals surface area (Å²) in [5.74, 6) is 1.48. The number of nitrogens with one attached hydrogen (secondary N) is 3. The molecule has 2 saturated heterocycles. The fraction of sp³-hybridized carbons (Fsp3) is 0.536. The fourth-order valence-corrected chi connectivity index (χ4v) is 6.53. The summed E-state index contributed by atoms with van der Waals surface area (Å²) in [5.41, 5.74) is 10.3. The summed E-state index contributed by atoms with van der Waals surface area (Å²) in [4.78, 5) is 15.6. The van der Waals surface area contributed by atoms with E-state index in [1.165, 1.54) is 17.2 Å². The molecule has 0 radical (unpaired) electrons. The van der Waals surface area contributed by atoms with Crippen molar-refractivity contribution in [1.29, 1.82) is 0 Å². The zero-order chi connectivity index (χ0) is 23.8. The summed E-state index contributed by atoms with van der Waals surface area (Å²) in [7, 11) is 0. The molecule has 5 unspecified atom stereocenters. The third kappa shape index (κ3) is 4.82. The lowest BCUT2D eigenvalue weighted by Crippen LogP contribution is -2.50. The second-order valence-electron chi connectivity index (χ2n) is 10.7. The van der Waals surface area contributed by atoms with Crippen molar-refractivity contribution in [2.45, 2.75) is 63.2 Å². The minimum absolute atomic E-state index is 0.0418. The van der Waals surface area contributed by atoms with E-state index in [1.807, 2.05) is 12.1 Å². The molecule has 35 heavy (non-hydrogen) atoms.